The fraction of sp³-hybridized carbons (Fsp3) is 0. The molecule has 86 valence electrons. The maximum absolute atomic E-state index is 4.40. The van der Waals surface area contributed by atoms with Gasteiger partial charge < -0.3 is 4.98 Å². The maximum Gasteiger partial charge on any atom is 0.100 e. The summed E-state index contributed by atoms with van der Waals surface area (Å²) in [4.78, 5) is 11.8. The minimum atomic E-state index is 0.963. The number of aromatic amines is 1. The van der Waals surface area contributed by atoms with E-state index in [1.54, 1.807) is 6.33 Å². The summed E-state index contributed by atoms with van der Waals surface area (Å²) >= 11 is 0. The summed E-state index contributed by atoms with van der Waals surface area (Å²) in [5, 5.41) is 0. The normalized spacial score (nSPS) is 11.3. The van der Waals surface area contributed by atoms with Crippen molar-refractivity contribution in [3.63, 3.8) is 0 Å². The molecule has 4 heteroatoms. The number of para-hydroxylation sites is 2. The van der Waals surface area contributed by atoms with Gasteiger partial charge in [-0.05, 0) is 30.3 Å². The summed E-state index contributed by atoms with van der Waals surface area (Å²) in [6.45, 7) is 0. The van der Waals surface area contributed by atoms with Crippen molar-refractivity contribution >= 4 is 22.1 Å². The van der Waals surface area contributed by atoms with Crippen molar-refractivity contribution in [3.05, 3.63) is 55.1 Å². The summed E-state index contributed by atoms with van der Waals surface area (Å²) in [5.74, 6) is 0. The van der Waals surface area contributed by atoms with Crippen LogP contribution in [0.1, 0.15) is 0 Å². The summed E-state index contributed by atoms with van der Waals surface area (Å²) in [6.07, 6.45) is 3.55. The van der Waals surface area contributed by atoms with Crippen LogP contribution in [-0.4, -0.2) is 19.5 Å². The molecule has 0 aliphatic rings. The van der Waals surface area contributed by atoms with E-state index in [1.807, 2.05) is 30.6 Å². The molecule has 2 heterocycles. The molecule has 0 radical (unpaired) electrons. The van der Waals surface area contributed by atoms with E-state index in [-0.39, 0.29) is 0 Å². The molecule has 2 aromatic carbocycles. The first-order valence-corrected chi connectivity index (χ1v) is 5.77. The van der Waals surface area contributed by atoms with Gasteiger partial charge in [0.1, 0.15) is 6.33 Å². The van der Waals surface area contributed by atoms with Crippen LogP contribution >= 0.6 is 0 Å². The number of nitrogens with zero attached hydrogens (tertiary/aromatic N) is 3. The van der Waals surface area contributed by atoms with E-state index < -0.39 is 0 Å². The van der Waals surface area contributed by atoms with E-state index in [0.29, 0.717) is 0 Å². The molecular weight excluding hydrogens is 224 g/mol. The predicted octanol–water partition coefficient (Wildman–Crippen LogP) is 2.90. The Bertz CT molecular complexity index is 841. The SMILES string of the molecule is c1ccc2c(c1)ncn2-c1ccc2[nH]cnc2c1. The zero-order chi connectivity index (χ0) is 11.9. The molecule has 0 aliphatic carbocycles. The molecule has 0 saturated heterocycles. The van der Waals surface area contributed by atoms with Crippen molar-refractivity contribution in [1.29, 1.82) is 0 Å². The second-order valence-electron chi connectivity index (χ2n) is 4.21. The van der Waals surface area contributed by atoms with Crippen LogP contribution in [0.3, 0.4) is 0 Å². The number of aromatic nitrogens is 4. The molecule has 4 rings (SSSR count). The zero-order valence-electron chi connectivity index (χ0n) is 9.54. The average Bonchev–Trinajstić information content (AvgIpc) is 3.04. The number of hydrogen-bond donors (Lipinski definition) is 1. The zero-order valence-corrected chi connectivity index (χ0v) is 9.54. The van der Waals surface area contributed by atoms with Gasteiger partial charge in [0.05, 0.1) is 28.4 Å². The molecule has 0 fully saturated rings. The van der Waals surface area contributed by atoms with Crippen molar-refractivity contribution in [2.24, 2.45) is 0 Å². The number of H-pyrrole nitrogens is 1. The topological polar surface area (TPSA) is 46.5 Å². The molecule has 4 nitrogen and oxygen atoms in total. The number of hydrogen-bond acceptors (Lipinski definition) is 2. The van der Waals surface area contributed by atoms with Crippen LogP contribution in [0.15, 0.2) is 55.1 Å². The molecule has 1 N–H and O–H groups in total. The molecule has 0 atom stereocenters. The van der Waals surface area contributed by atoms with Crippen LogP contribution in [0.25, 0.3) is 27.8 Å². The summed E-state index contributed by atoms with van der Waals surface area (Å²) in [6, 6.07) is 14.3. The third kappa shape index (κ3) is 1.26. The Labute approximate surface area is 103 Å². The molecule has 2 aromatic heterocycles. The third-order valence-corrected chi connectivity index (χ3v) is 3.14. The highest BCUT2D eigenvalue weighted by Gasteiger charge is 2.05. The van der Waals surface area contributed by atoms with Gasteiger partial charge in [0.2, 0.25) is 0 Å². The molecule has 0 saturated carbocycles. The fourth-order valence-electron chi connectivity index (χ4n) is 2.24. The number of benzene rings is 2. The minimum Gasteiger partial charge on any atom is -0.345 e. The average molecular weight is 234 g/mol. The second-order valence-corrected chi connectivity index (χ2v) is 4.21. The van der Waals surface area contributed by atoms with Crippen LogP contribution in [0.2, 0.25) is 0 Å². The lowest BCUT2D eigenvalue weighted by atomic mass is 10.2. The second kappa shape index (κ2) is 3.43. The fourth-order valence-corrected chi connectivity index (χ4v) is 2.24. The van der Waals surface area contributed by atoms with E-state index in [9.17, 15) is 0 Å². The Morgan fingerprint density at radius 3 is 2.89 bits per heavy atom. The highest BCUT2D eigenvalue weighted by molar-refractivity contribution is 5.80. The van der Waals surface area contributed by atoms with Crippen molar-refractivity contribution < 1.29 is 0 Å². The lowest BCUT2D eigenvalue weighted by Crippen LogP contribution is -1.91. The van der Waals surface area contributed by atoms with Gasteiger partial charge in [0, 0.05) is 5.69 Å². The van der Waals surface area contributed by atoms with Crippen molar-refractivity contribution in [2.45, 2.75) is 0 Å². The van der Waals surface area contributed by atoms with Gasteiger partial charge in [-0.2, -0.15) is 0 Å². The highest BCUT2D eigenvalue weighted by atomic mass is 15.0. The van der Waals surface area contributed by atoms with Crippen LogP contribution in [0, 0.1) is 0 Å². The van der Waals surface area contributed by atoms with E-state index in [2.05, 4.69) is 37.7 Å². The number of rotatable bonds is 1. The largest absolute Gasteiger partial charge is 0.345 e. The monoisotopic (exact) mass is 234 g/mol. The Balaban J connectivity index is 2.00. The molecule has 0 amide bonds. The van der Waals surface area contributed by atoms with Gasteiger partial charge in [-0.3, -0.25) is 4.57 Å². The van der Waals surface area contributed by atoms with Crippen molar-refractivity contribution in [3.8, 4) is 5.69 Å². The third-order valence-electron chi connectivity index (χ3n) is 3.14. The van der Waals surface area contributed by atoms with Crippen molar-refractivity contribution in [1.82, 2.24) is 19.5 Å². The lowest BCUT2D eigenvalue weighted by molar-refractivity contribution is 1.09. The Morgan fingerprint density at radius 2 is 1.89 bits per heavy atom. The van der Waals surface area contributed by atoms with E-state index in [1.165, 1.54) is 0 Å². The summed E-state index contributed by atoms with van der Waals surface area (Å²) < 4.78 is 2.07. The van der Waals surface area contributed by atoms with Crippen LogP contribution in [-0.2, 0) is 0 Å². The predicted molar refractivity (Wildman–Crippen MR) is 70.7 cm³/mol. The summed E-state index contributed by atoms with van der Waals surface area (Å²) in [5.41, 5.74) is 5.18. The summed E-state index contributed by atoms with van der Waals surface area (Å²) in [7, 11) is 0. The van der Waals surface area contributed by atoms with E-state index >= 15 is 0 Å². The molecule has 0 bridgehead atoms. The molecule has 18 heavy (non-hydrogen) atoms. The Kier molecular flexibility index (Phi) is 1.80. The van der Waals surface area contributed by atoms with Crippen LogP contribution in [0.5, 0.6) is 0 Å². The molecule has 0 spiro atoms. The molecule has 4 aromatic rings. The highest BCUT2D eigenvalue weighted by Crippen LogP contribution is 2.20. The van der Waals surface area contributed by atoms with Crippen LogP contribution < -0.4 is 0 Å². The van der Waals surface area contributed by atoms with Crippen molar-refractivity contribution in [2.75, 3.05) is 0 Å². The van der Waals surface area contributed by atoms with Crippen LogP contribution in [0.4, 0.5) is 0 Å². The standard InChI is InChI=1S/C14H10N4/c1-2-4-14-12(3-1)17-9-18(14)10-5-6-11-13(7-10)16-8-15-11/h1-9H,(H,15,16). The van der Waals surface area contributed by atoms with Gasteiger partial charge in [-0.1, -0.05) is 12.1 Å². The maximum atomic E-state index is 4.40. The number of nitrogens with one attached hydrogen (secondary N) is 1. The first-order chi connectivity index (χ1) is 8.92. The van der Waals surface area contributed by atoms with E-state index in [4.69, 9.17) is 0 Å². The minimum absolute atomic E-state index is 0.963. The Morgan fingerprint density at radius 1 is 0.944 bits per heavy atom. The van der Waals surface area contributed by atoms with E-state index in [0.717, 1.165) is 27.8 Å². The van der Waals surface area contributed by atoms with Gasteiger partial charge >= 0.3 is 0 Å². The first kappa shape index (κ1) is 9.41. The number of fused-ring (bicyclic) bond motifs is 2. The van der Waals surface area contributed by atoms with Gasteiger partial charge in [-0.25, -0.2) is 9.97 Å². The Hall–Kier alpha value is -2.62. The lowest BCUT2D eigenvalue weighted by Gasteiger charge is -2.03. The number of imidazole rings is 2. The van der Waals surface area contributed by atoms with Gasteiger partial charge in [0.25, 0.3) is 0 Å². The molecular formula is C14H10N4. The molecule has 0 aliphatic heterocycles. The van der Waals surface area contributed by atoms with Gasteiger partial charge in [0.15, 0.2) is 0 Å². The first-order valence-electron chi connectivity index (χ1n) is 5.77. The molecule has 0 unspecified atom stereocenters. The quantitative estimate of drug-likeness (QED) is 0.550. The smallest absolute Gasteiger partial charge is 0.100 e. The van der Waals surface area contributed by atoms with Gasteiger partial charge in [-0.15, -0.1) is 0 Å².